The highest BCUT2D eigenvalue weighted by molar-refractivity contribution is 5.93. The molecule has 5 nitrogen and oxygen atoms in total. The van der Waals surface area contributed by atoms with Gasteiger partial charge in [0.2, 0.25) is 0 Å². The number of benzene rings is 2. The highest BCUT2D eigenvalue weighted by atomic mass is 16.6. The summed E-state index contributed by atoms with van der Waals surface area (Å²) in [6.07, 6.45) is 1.08. The maximum absolute atomic E-state index is 11.9. The van der Waals surface area contributed by atoms with E-state index < -0.39 is 12.1 Å². The highest BCUT2D eigenvalue weighted by Crippen LogP contribution is 2.33. The van der Waals surface area contributed by atoms with Crippen LogP contribution in [0.15, 0.2) is 61.2 Å². The normalized spacial score (nSPS) is 11.6. The van der Waals surface area contributed by atoms with Crippen molar-refractivity contribution < 1.29 is 23.7 Å². The molecule has 0 radical (unpaired) electrons. The van der Waals surface area contributed by atoms with Crippen LogP contribution in [-0.4, -0.2) is 38.5 Å². The smallest absolute Gasteiger partial charge is 0.333 e. The molecule has 0 fully saturated rings. The molecule has 144 valence electrons. The van der Waals surface area contributed by atoms with Crippen molar-refractivity contribution in [1.29, 1.82) is 0 Å². The molecule has 0 aliphatic rings. The predicted octanol–water partition coefficient (Wildman–Crippen LogP) is 4.31. The number of carbonyl (C=O) groups excluding carboxylic acids is 1. The van der Waals surface area contributed by atoms with E-state index >= 15 is 0 Å². The van der Waals surface area contributed by atoms with Crippen LogP contribution in [0.4, 0.5) is 0 Å². The van der Waals surface area contributed by atoms with Crippen molar-refractivity contribution in [3.63, 3.8) is 0 Å². The van der Waals surface area contributed by atoms with Gasteiger partial charge < -0.3 is 18.9 Å². The Balaban J connectivity index is 2.15. The Morgan fingerprint density at radius 2 is 1.70 bits per heavy atom. The molecular weight excluding hydrogens is 344 g/mol. The fraction of sp³-hybridized carbons (Fsp3) is 0.318. The van der Waals surface area contributed by atoms with E-state index in [0.717, 1.165) is 16.5 Å². The Bertz CT molecular complexity index is 796. The largest absolute Gasteiger partial charge is 0.493 e. The van der Waals surface area contributed by atoms with Crippen LogP contribution in [-0.2, 0) is 14.3 Å². The van der Waals surface area contributed by atoms with Gasteiger partial charge in [-0.15, -0.1) is 6.58 Å². The van der Waals surface area contributed by atoms with Crippen molar-refractivity contribution in [3.8, 4) is 11.5 Å². The van der Waals surface area contributed by atoms with Gasteiger partial charge >= 0.3 is 5.97 Å². The number of hydrogen-bond acceptors (Lipinski definition) is 5. The Hall–Kier alpha value is -2.79. The second kappa shape index (κ2) is 10.4. The van der Waals surface area contributed by atoms with Crippen LogP contribution in [0.25, 0.3) is 10.8 Å². The topological polar surface area (TPSA) is 54.0 Å². The molecule has 0 aliphatic heterocycles. The molecule has 0 amide bonds. The van der Waals surface area contributed by atoms with Crippen molar-refractivity contribution in [2.24, 2.45) is 0 Å². The molecule has 0 saturated carbocycles. The zero-order valence-electron chi connectivity index (χ0n) is 15.9. The Labute approximate surface area is 160 Å². The lowest BCUT2D eigenvalue weighted by molar-refractivity contribution is -0.148. The number of hydrogen-bond donors (Lipinski definition) is 0. The Morgan fingerprint density at radius 3 is 2.26 bits per heavy atom. The third-order valence-corrected chi connectivity index (χ3v) is 3.73. The van der Waals surface area contributed by atoms with Gasteiger partial charge in [-0.2, -0.15) is 0 Å². The van der Waals surface area contributed by atoms with Crippen molar-refractivity contribution in [1.82, 2.24) is 0 Å². The van der Waals surface area contributed by atoms with Crippen LogP contribution in [0, 0.1) is 0 Å². The van der Waals surface area contributed by atoms with Gasteiger partial charge in [0.25, 0.3) is 0 Å². The monoisotopic (exact) mass is 370 g/mol. The third-order valence-electron chi connectivity index (χ3n) is 3.73. The molecule has 2 aromatic carbocycles. The van der Waals surface area contributed by atoms with E-state index in [1.54, 1.807) is 13.0 Å². The van der Waals surface area contributed by atoms with Gasteiger partial charge in [0.15, 0.2) is 6.10 Å². The predicted molar refractivity (Wildman–Crippen MR) is 106 cm³/mol. The molecule has 0 heterocycles. The second-order valence-electron chi connectivity index (χ2n) is 5.99. The fourth-order valence-corrected chi connectivity index (χ4v) is 2.48. The van der Waals surface area contributed by atoms with Crippen LogP contribution in [0.3, 0.4) is 0 Å². The summed E-state index contributed by atoms with van der Waals surface area (Å²) in [5.74, 6) is 1.02. The first kappa shape index (κ1) is 20.5. The fourth-order valence-electron chi connectivity index (χ4n) is 2.48. The summed E-state index contributed by atoms with van der Waals surface area (Å²) < 4.78 is 22.5. The summed E-state index contributed by atoms with van der Waals surface area (Å²) in [5.41, 5.74) is 0.329. The molecule has 2 rings (SSSR count). The molecule has 1 atom stereocenters. The van der Waals surface area contributed by atoms with Crippen molar-refractivity contribution in [2.75, 3.05) is 26.4 Å². The second-order valence-corrected chi connectivity index (χ2v) is 5.99. The number of fused-ring (bicyclic) bond motifs is 1. The lowest BCUT2D eigenvalue weighted by Gasteiger charge is -2.19. The van der Waals surface area contributed by atoms with Gasteiger partial charge in [-0.3, -0.25) is 0 Å². The van der Waals surface area contributed by atoms with Crippen LogP contribution in [0.1, 0.15) is 13.8 Å². The average molecular weight is 370 g/mol. The van der Waals surface area contributed by atoms with Gasteiger partial charge in [0, 0.05) is 16.3 Å². The zero-order chi connectivity index (χ0) is 19.6. The van der Waals surface area contributed by atoms with E-state index in [-0.39, 0.29) is 13.2 Å². The molecule has 27 heavy (non-hydrogen) atoms. The Morgan fingerprint density at radius 1 is 1.07 bits per heavy atom. The molecule has 0 N–H and O–H groups in total. The first-order chi connectivity index (χ1) is 13.1. The van der Waals surface area contributed by atoms with Gasteiger partial charge in [0.05, 0.1) is 19.8 Å². The van der Waals surface area contributed by atoms with Crippen LogP contribution in [0.2, 0.25) is 0 Å². The van der Waals surface area contributed by atoms with Crippen LogP contribution >= 0.6 is 0 Å². The SMILES string of the molecule is C=CCOCC(COc1ccc(OCC)c2ccccc12)OC(=O)C(=C)C. The molecule has 1 unspecified atom stereocenters. The van der Waals surface area contributed by atoms with Crippen molar-refractivity contribution in [2.45, 2.75) is 20.0 Å². The van der Waals surface area contributed by atoms with E-state index in [9.17, 15) is 4.79 Å². The van der Waals surface area contributed by atoms with Gasteiger partial charge in [-0.05, 0) is 26.0 Å². The minimum absolute atomic E-state index is 0.161. The standard InChI is InChI=1S/C22H26O5/c1-5-13-24-14-17(27-22(23)16(3)4)15-26-21-12-11-20(25-6-2)18-9-7-8-10-19(18)21/h5,7-12,17H,1,3,6,13-15H2,2,4H3. The molecule has 0 bridgehead atoms. The summed E-state index contributed by atoms with van der Waals surface area (Å²) in [7, 11) is 0. The quantitative estimate of drug-likeness (QED) is 0.255. The summed E-state index contributed by atoms with van der Waals surface area (Å²) in [6, 6.07) is 11.6. The number of esters is 1. The molecule has 0 aliphatic carbocycles. The third kappa shape index (κ3) is 5.86. The zero-order valence-corrected chi connectivity index (χ0v) is 15.9. The van der Waals surface area contributed by atoms with E-state index in [1.165, 1.54) is 0 Å². The molecule has 0 spiro atoms. The lowest BCUT2D eigenvalue weighted by Crippen LogP contribution is -2.30. The minimum Gasteiger partial charge on any atom is -0.493 e. The van der Waals surface area contributed by atoms with Crippen molar-refractivity contribution >= 4 is 16.7 Å². The minimum atomic E-state index is -0.556. The summed E-state index contributed by atoms with van der Waals surface area (Å²) in [5, 5.41) is 1.90. The highest BCUT2D eigenvalue weighted by Gasteiger charge is 2.17. The first-order valence-electron chi connectivity index (χ1n) is 8.89. The number of carbonyl (C=O) groups is 1. The van der Waals surface area contributed by atoms with E-state index in [2.05, 4.69) is 13.2 Å². The number of ether oxygens (including phenoxy) is 4. The van der Waals surface area contributed by atoms with Crippen LogP contribution in [0.5, 0.6) is 11.5 Å². The van der Waals surface area contributed by atoms with E-state index in [1.807, 2.05) is 43.3 Å². The molecule has 5 heteroatoms. The maximum atomic E-state index is 11.9. The summed E-state index contributed by atoms with van der Waals surface area (Å²) >= 11 is 0. The number of rotatable bonds is 11. The van der Waals surface area contributed by atoms with Gasteiger partial charge in [-0.25, -0.2) is 4.79 Å². The maximum Gasteiger partial charge on any atom is 0.333 e. The molecular formula is C22H26O5. The van der Waals surface area contributed by atoms with Gasteiger partial charge in [0.1, 0.15) is 18.1 Å². The van der Waals surface area contributed by atoms with Crippen molar-refractivity contribution in [3.05, 3.63) is 61.2 Å². The van der Waals surface area contributed by atoms with Crippen LogP contribution < -0.4 is 9.47 Å². The Kier molecular flexibility index (Phi) is 7.89. The molecule has 2 aromatic rings. The summed E-state index contributed by atoms with van der Waals surface area (Å²) in [6.45, 7) is 12.1. The van der Waals surface area contributed by atoms with E-state index in [0.29, 0.717) is 24.5 Å². The molecule has 0 aromatic heterocycles. The van der Waals surface area contributed by atoms with Gasteiger partial charge in [-0.1, -0.05) is 36.9 Å². The molecule has 0 saturated heterocycles. The van der Waals surface area contributed by atoms with E-state index in [4.69, 9.17) is 18.9 Å². The average Bonchev–Trinajstić information content (AvgIpc) is 2.67. The first-order valence-corrected chi connectivity index (χ1v) is 8.89. The lowest BCUT2D eigenvalue weighted by atomic mass is 10.1. The summed E-state index contributed by atoms with van der Waals surface area (Å²) in [4.78, 5) is 11.9.